The van der Waals surface area contributed by atoms with Gasteiger partial charge in [-0.25, -0.2) is 9.97 Å². The van der Waals surface area contributed by atoms with Crippen LogP contribution in [-0.4, -0.2) is 16.2 Å². The topological polar surface area (TPSA) is 25.8 Å². The fourth-order valence-electron chi connectivity index (χ4n) is 0.993. The van der Waals surface area contributed by atoms with Crippen molar-refractivity contribution in [1.82, 2.24) is 9.97 Å². The van der Waals surface area contributed by atoms with E-state index in [-0.39, 0.29) is 0 Å². The van der Waals surface area contributed by atoms with Gasteiger partial charge >= 0.3 is 0 Å². The van der Waals surface area contributed by atoms with Gasteiger partial charge in [0.2, 0.25) is 0 Å². The molecule has 2 nitrogen and oxygen atoms in total. The molecule has 1 rings (SSSR count). The highest BCUT2D eigenvalue weighted by Crippen LogP contribution is 2.05. The van der Waals surface area contributed by atoms with Crippen LogP contribution in [-0.2, 0) is 5.75 Å². The number of rotatable bonds is 2. The molecule has 3 heteroatoms. The van der Waals surface area contributed by atoms with Crippen molar-refractivity contribution in [2.45, 2.75) is 19.6 Å². The summed E-state index contributed by atoms with van der Waals surface area (Å²) in [6.07, 6.45) is 2.06. The summed E-state index contributed by atoms with van der Waals surface area (Å²) in [5, 5.41) is 0. The Bertz CT molecular complexity index is 228. The molecule has 1 aromatic rings. The van der Waals surface area contributed by atoms with E-state index in [9.17, 15) is 0 Å². The van der Waals surface area contributed by atoms with E-state index < -0.39 is 0 Å². The molecule has 60 valence electrons. The molecule has 0 amide bonds. The van der Waals surface area contributed by atoms with Gasteiger partial charge in [0, 0.05) is 11.4 Å². The van der Waals surface area contributed by atoms with Gasteiger partial charge in [0.1, 0.15) is 5.82 Å². The molecule has 0 saturated carbocycles. The third kappa shape index (κ3) is 2.50. The molecule has 0 unspecified atom stereocenters. The number of thioether (sulfide) groups is 1. The summed E-state index contributed by atoms with van der Waals surface area (Å²) >= 11 is 1.75. The molecule has 0 spiro atoms. The molecule has 0 aliphatic heterocycles. The highest BCUT2D eigenvalue weighted by Gasteiger charge is 1.96. The standard InChI is InChI=1S/C8H12N2S/c1-6-4-7(2)10-8(9-6)5-11-3/h4H,5H2,1-3H3. The molecule has 1 aromatic heterocycles. The lowest BCUT2D eigenvalue weighted by Crippen LogP contribution is -1.96. The first kappa shape index (κ1) is 8.53. The van der Waals surface area contributed by atoms with E-state index in [1.807, 2.05) is 19.9 Å². The molecule has 0 aliphatic carbocycles. The Hall–Kier alpha value is -0.570. The van der Waals surface area contributed by atoms with Crippen molar-refractivity contribution in [3.63, 3.8) is 0 Å². The first-order chi connectivity index (χ1) is 5.22. The van der Waals surface area contributed by atoms with Gasteiger partial charge < -0.3 is 0 Å². The van der Waals surface area contributed by atoms with E-state index >= 15 is 0 Å². The van der Waals surface area contributed by atoms with E-state index in [0.29, 0.717) is 0 Å². The maximum absolute atomic E-state index is 4.29. The van der Waals surface area contributed by atoms with Crippen molar-refractivity contribution in [2.24, 2.45) is 0 Å². The maximum atomic E-state index is 4.29. The average molecular weight is 168 g/mol. The van der Waals surface area contributed by atoms with E-state index in [4.69, 9.17) is 0 Å². The van der Waals surface area contributed by atoms with Crippen LogP contribution in [0.1, 0.15) is 17.2 Å². The van der Waals surface area contributed by atoms with Crippen LogP contribution in [0.3, 0.4) is 0 Å². The Morgan fingerprint density at radius 2 is 1.82 bits per heavy atom. The van der Waals surface area contributed by atoms with Crippen LogP contribution in [0.15, 0.2) is 6.07 Å². The van der Waals surface area contributed by atoms with Crippen LogP contribution in [0, 0.1) is 13.8 Å². The summed E-state index contributed by atoms with van der Waals surface area (Å²) in [5.74, 6) is 1.85. The van der Waals surface area contributed by atoms with Crippen molar-refractivity contribution in [2.75, 3.05) is 6.26 Å². The molecular weight excluding hydrogens is 156 g/mol. The molecule has 0 bridgehead atoms. The monoisotopic (exact) mass is 168 g/mol. The van der Waals surface area contributed by atoms with E-state index in [2.05, 4.69) is 16.2 Å². The molecule has 0 aliphatic rings. The largest absolute Gasteiger partial charge is 0.237 e. The minimum atomic E-state index is 0.905. The Morgan fingerprint density at radius 3 is 2.27 bits per heavy atom. The lowest BCUT2D eigenvalue weighted by molar-refractivity contribution is 0.964. The first-order valence-corrected chi connectivity index (χ1v) is 4.92. The maximum Gasteiger partial charge on any atom is 0.138 e. The SMILES string of the molecule is CSCc1nc(C)cc(C)n1. The second-order valence-corrected chi connectivity index (χ2v) is 3.37. The van der Waals surface area contributed by atoms with Crippen LogP contribution >= 0.6 is 11.8 Å². The highest BCUT2D eigenvalue weighted by atomic mass is 32.2. The lowest BCUT2D eigenvalue weighted by atomic mass is 10.3. The Labute approximate surface area is 71.5 Å². The van der Waals surface area contributed by atoms with Crippen molar-refractivity contribution in [3.8, 4) is 0 Å². The number of nitrogens with zero attached hydrogens (tertiary/aromatic N) is 2. The molecule has 11 heavy (non-hydrogen) atoms. The highest BCUT2D eigenvalue weighted by molar-refractivity contribution is 7.97. The summed E-state index contributed by atoms with van der Waals surface area (Å²) in [6, 6.07) is 1.99. The van der Waals surface area contributed by atoms with Gasteiger partial charge in [-0.2, -0.15) is 11.8 Å². The van der Waals surface area contributed by atoms with E-state index in [1.54, 1.807) is 11.8 Å². The molecule has 0 radical (unpaired) electrons. The summed E-state index contributed by atoms with van der Waals surface area (Å²) in [5.41, 5.74) is 2.11. The van der Waals surface area contributed by atoms with E-state index in [0.717, 1.165) is 23.0 Å². The molecule has 0 saturated heterocycles. The molecule has 0 fully saturated rings. The summed E-state index contributed by atoms with van der Waals surface area (Å²) in [6.45, 7) is 4.00. The first-order valence-electron chi connectivity index (χ1n) is 3.52. The zero-order chi connectivity index (χ0) is 8.27. The zero-order valence-corrected chi connectivity index (χ0v) is 7.90. The van der Waals surface area contributed by atoms with Gasteiger partial charge in [-0.3, -0.25) is 0 Å². The third-order valence-corrected chi connectivity index (χ3v) is 1.85. The Morgan fingerprint density at radius 1 is 1.27 bits per heavy atom. The predicted molar refractivity (Wildman–Crippen MR) is 48.7 cm³/mol. The van der Waals surface area contributed by atoms with Gasteiger partial charge in [-0.1, -0.05) is 0 Å². The van der Waals surface area contributed by atoms with Gasteiger partial charge in [0.25, 0.3) is 0 Å². The van der Waals surface area contributed by atoms with Gasteiger partial charge in [0.05, 0.1) is 5.75 Å². The second kappa shape index (κ2) is 3.72. The normalized spacial score (nSPS) is 10.1. The predicted octanol–water partition coefficient (Wildman–Crippen LogP) is 1.96. The molecule has 0 aromatic carbocycles. The molecule has 0 N–H and O–H groups in total. The number of hydrogen-bond donors (Lipinski definition) is 0. The third-order valence-electron chi connectivity index (χ3n) is 1.30. The van der Waals surface area contributed by atoms with E-state index in [1.165, 1.54) is 0 Å². The molecular formula is C8H12N2S. The Balaban J connectivity index is 2.89. The van der Waals surface area contributed by atoms with Crippen LogP contribution in [0.25, 0.3) is 0 Å². The summed E-state index contributed by atoms with van der Waals surface area (Å²) in [7, 11) is 0. The molecule has 0 atom stereocenters. The minimum absolute atomic E-state index is 0.905. The van der Waals surface area contributed by atoms with Crippen LogP contribution in [0.2, 0.25) is 0 Å². The van der Waals surface area contributed by atoms with Crippen LogP contribution in [0.5, 0.6) is 0 Å². The fraction of sp³-hybridized carbons (Fsp3) is 0.500. The average Bonchev–Trinajstić information content (AvgIpc) is 1.85. The molecule has 1 heterocycles. The zero-order valence-electron chi connectivity index (χ0n) is 7.09. The number of hydrogen-bond acceptors (Lipinski definition) is 3. The lowest BCUT2D eigenvalue weighted by Gasteiger charge is -1.99. The van der Waals surface area contributed by atoms with Crippen molar-refractivity contribution < 1.29 is 0 Å². The summed E-state index contributed by atoms with van der Waals surface area (Å²) < 4.78 is 0. The number of aryl methyl sites for hydroxylation is 2. The van der Waals surface area contributed by atoms with Gasteiger partial charge in [0.15, 0.2) is 0 Å². The smallest absolute Gasteiger partial charge is 0.138 e. The quantitative estimate of drug-likeness (QED) is 0.675. The second-order valence-electron chi connectivity index (χ2n) is 2.50. The number of aromatic nitrogens is 2. The minimum Gasteiger partial charge on any atom is -0.237 e. The van der Waals surface area contributed by atoms with Crippen molar-refractivity contribution >= 4 is 11.8 Å². The van der Waals surface area contributed by atoms with Crippen LogP contribution < -0.4 is 0 Å². The van der Waals surface area contributed by atoms with Gasteiger partial charge in [-0.05, 0) is 26.2 Å². The van der Waals surface area contributed by atoms with Crippen molar-refractivity contribution in [3.05, 3.63) is 23.3 Å². The van der Waals surface area contributed by atoms with Crippen LogP contribution in [0.4, 0.5) is 0 Å². The fourth-order valence-corrected chi connectivity index (χ4v) is 1.38. The Kier molecular flexibility index (Phi) is 2.88. The van der Waals surface area contributed by atoms with Crippen molar-refractivity contribution in [1.29, 1.82) is 0 Å². The van der Waals surface area contributed by atoms with Gasteiger partial charge in [-0.15, -0.1) is 0 Å². The summed E-state index contributed by atoms with van der Waals surface area (Å²) in [4.78, 5) is 8.58.